The molecule has 0 spiro atoms. The van der Waals surface area contributed by atoms with Gasteiger partial charge in [-0.2, -0.15) is 0 Å². The van der Waals surface area contributed by atoms with Gasteiger partial charge < -0.3 is 4.70 Å². The van der Waals surface area contributed by atoms with E-state index in [2.05, 4.69) is 51.0 Å². The van der Waals surface area contributed by atoms with Crippen molar-refractivity contribution in [2.75, 3.05) is 0 Å². The molecule has 0 radical (unpaired) electrons. The van der Waals surface area contributed by atoms with E-state index < -0.39 is 8.16 Å². The predicted octanol–water partition coefficient (Wildman–Crippen LogP) is 4.17. The SMILES string of the molecule is CC[n+]1ccc(-c2ccncc2)cc1.FP(F)(F)(F)F.[F-].c1cc(-c2ccncc2)ccn1. The Morgan fingerprint density at radius 2 is 0.818 bits per heavy atom. The predicted molar refractivity (Wildman–Crippen MR) is 115 cm³/mol. The second-order valence-corrected chi connectivity index (χ2v) is 7.54. The third-order valence-electron chi connectivity index (χ3n) is 3.96. The van der Waals surface area contributed by atoms with E-state index in [0.717, 1.165) is 6.54 Å². The number of hydrogen-bond acceptors (Lipinski definition) is 3. The van der Waals surface area contributed by atoms with Crippen LogP contribution in [0.4, 0.5) is 21.0 Å². The van der Waals surface area contributed by atoms with Gasteiger partial charge in [-0.15, -0.1) is 0 Å². The number of rotatable bonds is 3. The second kappa shape index (κ2) is 12.6. The largest absolute Gasteiger partial charge is 1.00 e. The zero-order chi connectivity index (χ0) is 23.5. The normalized spacial score (nSPS) is 11.3. The van der Waals surface area contributed by atoms with Gasteiger partial charge >= 0.3 is 29.1 Å². The van der Waals surface area contributed by atoms with Gasteiger partial charge in [0.1, 0.15) is 6.54 Å². The molecular formula is C22H21F6N4P. The van der Waals surface area contributed by atoms with Gasteiger partial charge in [-0.05, 0) is 65.6 Å². The minimum atomic E-state index is -8.55. The number of aryl methyl sites for hydroxylation is 1. The maximum atomic E-state index is 9.84. The van der Waals surface area contributed by atoms with Crippen LogP contribution in [0.15, 0.2) is 98.1 Å². The fourth-order valence-electron chi connectivity index (χ4n) is 2.49. The summed E-state index contributed by atoms with van der Waals surface area (Å²) in [5, 5.41) is 0. The summed E-state index contributed by atoms with van der Waals surface area (Å²) in [6.45, 7) is 3.14. The standard InChI is InChI=1S/C12H13N2.C10H8N2.F5P.FH/c1-2-14-9-5-12(6-10-14)11-3-7-13-8-4-11;1-5-11-6-2-9(1)10-3-7-12-8-4-10;1-6(2,3,4)5;/h3-10H,2H2,1H3;1-8H;;1H/q+1;;;/p-1. The Balaban J connectivity index is 0.000000263. The summed E-state index contributed by atoms with van der Waals surface area (Å²) in [4.78, 5) is 11.9. The molecule has 0 unspecified atom stereocenters. The first-order valence-corrected chi connectivity index (χ1v) is 11.1. The average Bonchev–Trinajstić information content (AvgIpc) is 2.80. The van der Waals surface area contributed by atoms with Gasteiger partial charge in [0.25, 0.3) is 0 Å². The van der Waals surface area contributed by atoms with Gasteiger partial charge in [0.05, 0.1) is 0 Å². The minimum Gasteiger partial charge on any atom is -1.00 e. The number of halogens is 6. The third kappa shape index (κ3) is 12.3. The molecule has 0 atom stereocenters. The van der Waals surface area contributed by atoms with Gasteiger partial charge in [0.15, 0.2) is 12.4 Å². The van der Waals surface area contributed by atoms with E-state index in [1.54, 1.807) is 24.8 Å². The van der Waals surface area contributed by atoms with Crippen molar-refractivity contribution in [2.45, 2.75) is 13.5 Å². The van der Waals surface area contributed by atoms with E-state index in [-0.39, 0.29) is 4.70 Å². The van der Waals surface area contributed by atoms with Crippen LogP contribution in [0.1, 0.15) is 6.92 Å². The van der Waals surface area contributed by atoms with Crippen molar-refractivity contribution < 1.29 is 30.3 Å². The number of aromatic nitrogens is 4. The van der Waals surface area contributed by atoms with E-state index >= 15 is 0 Å². The van der Waals surface area contributed by atoms with E-state index in [0.29, 0.717) is 0 Å². The molecular weight excluding hydrogens is 465 g/mol. The van der Waals surface area contributed by atoms with Crippen molar-refractivity contribution >= 4 is 8.16 Å². The van der Waals surface area contributed by atoms with Gasteiger partial charge in [-0.1, -0.05) is 0 Å². The van der Waals surface area contributed by atoms with Crippen LogP contribution >= 0.6 is 8.16 Å². The Labute approximate surface area is 187 Å². The first-order chi connectivity index (χ1) is 15.1. The molecule has 33 heavy (non-hydrogen) atoms. The van der Waals surface area contributed by atoms with Crippen LogP contribution in [-0.2, 0) is 6.54 Å². The topological polar surface area (TPSA) is 42.5 Å². The summed E-state index contributed by atoms with van der Waals surface area (Å²) in [6.07, 6.45) is 15.0. The molecule has 176 valence electrons. The molecule has 0 aliphatic rings. The van der Waals surface area contributed by atoms with Crippen molar-refractivity contribution in [3.63, 3.8) is 0 Å². The maximum Gasteiger partial charge on any atom is 0.0273 e. The van der Waals surface area contributed by atoms with Crippen LogP contribution in [0.3, 0.4) is 0 Å². The molecule has 4 aromatic heterocycles. The van der Waals surface area contributed by atoms with E-state index in [1.807, 2.05) is 48.8 Å². The molecule has 0 fully saturated rings. The summed E-state index contributed by atoms with van der Waals surface area (Å²) < 4.78 is 51.3. The Kier molecular flexibility index (Phi) is 10.6. The first-order valence-electron chi connectivity index (χ1n) is 9.41. The van der Waals surface area contributed by atoms with Crippen molar-refractivity contribution in [1.82, 2.24) is 15.0 Å². The molecule has 0 saturated carbocycles. The van der Waals surface area contributed by atoms with Crippen molar-refractivity contribution in [3.05, 3.63) is 98.1 Å². The Morgan fingerprint density at radius 3 is 1.06 bits per heavy atom. The zero-order valence-electron chi connectivity index (χ0n) is 17.4. The molecule has 0 saturated heterocycles. The Morgan fingerprint density at radius 1 is 0.576 bits per heavy atom. The first kappa shape index (κ1) is 27.6. The third-order valence-corrected chi connectivity index (χ3v) is 3.96. The van der Waals surface area contributed by atoms with Crippen molar-refractivity contribution in [3.8, 4) is 22.3 Å². The van der Waals surface area contributed by atoms with Crippen LogP contribution in [0.2, 0.25) is 0 Å². The smallest absolute Gasteiger partial charge is 0.0273 e. The molecule has 0 bridgehead atoms. The van der Waals surface area contributed by atoms with Crippen molar-refractivity contribution in [1.29, 1.82) is 0 Å². The fourth-order valence-corrected chi connectivity index (χ4v) is 2.49. The summed E-state index contributed by atoms with van der Waals surface area (Å²) in [7, 11) is -8.55. The summed E-state index contributed by atoms with van der Waals surface area (Å²) in [5.74, 6) is 0. The molecule has 0 aromatic carbocycles. The van der Waals surface area contributed by atoms with E-state index in [9.17, 15) is 21.0 Å². The molecule has 4 rings (SSSR count). The monoisotopic (exact) mass is 486 g/mol. The minimum absolute atomic E-state index is 0. The van der Waals surface area contributed by atoms with Gasteiger partial charge in [0.2, 0.25) is 0 Å². The van der Waals surface area contributed by atoms with Crippen LogP contribution in [0, 0.1) is 0 Å². The number of pyridine rings is 4. The van der Waals surface area contributed by atoms with Crippen LogP contribution < -0.4 is 9.27 Å². The second-order valence-electron chi connectivity index (χ2n) is 6.26. The summed E-state index contributed by atoms with van der Waals surface area (Å²) in [6, 6.07) is 16.2. The van der Waals surface area contributed by atoms with Gasteiger partial charge in [-0.3, -0.25) is 15.0 Å². The van der Waals surface area contributed by atoms with Crippen LogP contribution in [-0.4, -0.2) is 15.0 Å². The molecule has 0 aliphatic carbocycles. The molecule has 11 heteroatoms. The summed E-state index contributed by atoms with van der Waals surface area (Å²) >= 11 is 0. The molecule has 0 amide bonds. The molecule has 0 N–H and O–H groups in total. The van der Waals surface area contributed by atoms with Crippen LogP contribution in [0.25, 0.3) is 22.3 Å². The molecule has 0 aliphatic heterocycles. The number of nitrogens with zero attached hydrogens (tertiary/aromatic N) is 4. The Bertz CT molecular complexity index is 1010. The molecule has 4 nitrogen and oxygen atoms in total. The molecule has 4 aromatic rings. The quantitative estimate of drug-likeness (QED) is 0.248. The van der Waals surface area contributed by atoms with Crippen LogP contribution in [0.5, 0.6) is 0 Å². The zero-order valence-corrected chi connectivity index (χ0v) is 18.3. The van der Waals surface area contributed by atoms with Gasteiger partial charge in [-0.25, -0.2) is 4.57 Å². The average molecular weight is 486 g/mol. The summed E-state index contributed by atoms with van der Waals surface area (Å²) in [5.41, 5.74) is 4.79. The van der Waals surface area contributed by atoms with E-state index in [4.69, 9.17) is 0 Å². The Hall–Kier alpha value is -3.39. The molecule has 4 heterocycles. The van der Waals surface area contributed by atoms with E-state index in [1.165, 1.54) is 22.3 Å². The maximum absolute atomic E-state index is 9.84. The van der Waals surface area contributed by atoms with Crippen molar-refractivity contribution in [2.24, 2.45) is 0 Å². The van der Waals surface area contributed by atoms with Gasteiger partial charge in [0, 0.05) is 49.3 Å². The number of hydrogen-bond donors (Lipinski definition) is 0. The fraction of sp³-hybridized carbons (Fsp3) is 0.0909.